The van der Waals surface area contributed by atoms with Crippen LogP contribution in [0.15, 0.2) is 30.3 Å². The highest BCUT2D eigenvalue weighted by Crippen LogP contribution is 2.18. The molecule has 1 unspecified atom stereocenters. The van der Waals surface area contributed by atoms with E-state index in [-0.39, 0.29) is 36.7 Å². The Labute approximate surface area is 131 Å². The van der Waals surface area contributed by atoms with Crippen LogP contribution in [0, 0.1) is 0 Å². The molecule has 3 N–H and O–H groups in total. The van der Waals surface area contributed by atoms with Gasteiger partial charge in [0.15, 0.2) is 0 Å². The van der Waals surface area contributed by atoms with Crippen LogP contribution in [0.2, 0.25) is 0 Å². The number of nitrogens with one attached hydrogen (secondary N) is 1. The van der Waals surface area contributed by atoms with Crippen molar-refractivity contribution in [3.8, 4) is 0 Å². The minimum atomic E-state index is -0.276. The van der Waals surface area contributed by atoms with Gasteiger partial charge < -0.3 is 15.8 Å². The van der Waals surface area contributed by atoms with Gasteiger partial charge in [-0.2, -0.15) is 0 Å². The van der Waals surface area contributed by atoms with Crippen molar-refractivity contribution in [1.29, 1.82) is 0 Å². The molecule has 118 valence electrons. The van der Waals surface area contributed by atoms with E-state index in [1.165, 1.54) is 7.11 Å². The summed E-state index contributed by atoms with van der Waals surface area (Å²) in [6, 6.07) is 9.42. The van der Waals surface area contributed by atoms with Crippen molar-refractivity contribution in [1.82, 2.24) is 5.32 Å². The fourth-order valence-electron chi connectivity index (χ4n) is 1.90. The Morgan fingerprint density at radius 3 is 2.48 bits per heavy atom. The number of esters is 1. The second-order valence-electron chi connectivity index (χ2n) is 4.54. The van der Waals surface area contributed by atoms with Crippen molar-refractivity contribution in [3.63, 3.8) is 0 Å². The highest BCUT2D eigenvalue weighted by Gasteiger charge is 2.16. The molecule has 1 aromatic carbocycles. The predicted octanol–water partition coefficient (Wildman–Crippen LogP) is 1.96. The normalized spacial score (nSPS) is 11.1. The van der Waals surface area contributed by atoms with E-state index in [0.717, 1.165) is 5.56 Å². The summed E-state index contributed by atoms with van der Waals surface area (Å²) in [5.74, 6) is -0.323. The van der Waals surface area contributed by atoms with Gasteiger partial charge in [-0.05, 0) is 24.9 Å². The van der Waals surface area contributed by atoms with E-state index in [2.05, 4.69) is 10.1 Å². The number of carbonyl (C=O) groups excluding carboxylic acids is 2. The number of methoxy groups -OCH3 is 1. The molecule has 0 aliphatic heterocycles. The van der Waals surface area contributed by atoms with Crippen molar-refractivity contribution < 1.29 is 14.3 Å². The molecule has 6 heteroatoms. The van der Waals surface area contributed by atoms with Crippen molar-refractivity contribution >= 4 is 24.3 Å². The maximum Gasteiger partial charge on any atom is 0.305 e. The van der Waals surface area contributed by atoms with E-state index < -0.39 is 0 Å². The SMILES string of the molecule is COC(=O)CCC(NC(=O)CCCN)c1ccccc1.Cl. The molecule has 0 spiro atoms. The van der Waals surface area contributed by atoms with E-state index in [4.69, 9.17) is 5.73 Å². The predicted molar refractivity (Wildman–Crippen MR) is 84.1 cm³/mol. The third-order valence-corrected chi connectivity index (χ3v) is 3.01. The molecule has 0 fully saturated rings. The van der Waals surface area contributed by atoms with Gasteiger partial charge in [-0.3, -0.25) is 9.59 Å². The molecule has 0 bridgehead atoms. The van der Waals surface area contributed by atoms with E-state index in [1.54, 1.807) is 0 Å². The number of amides is 1. The third-order valence-electron chi connectivity index (χ3n) is 3.01. The van der Waals surface area contributed by atoms with Gasteiger partial charge >= 0.3 is 5.97 Å². The summed E-state index contributed by atoms with van der Waals surface area (Å²) in [6.07, 6.45) is 1.85. The fourth-order valence-corrected chi connectivity index (χ4v) is 1.90. The van der Waals surface area contributed by atoms with Gasteiger partial charge in [0, 0.05) is 12.8 Å². The van der Waals surface area contributed by atoms with Crippen LogP contribution >= 0.6 is 12.4 Å². The summed E-state index contributed by atoms with van der Waals surface area (Å²) < 4.78 is 4.64. The van der Waals surface area contributed by atoms with Crippen LogP contribution in [0.3, 0.4) is 0 Å². The van der Waals surface area contributed by atoms with Crippen molar-refractivity contribution in [2.45, 2.75) is 31.7 Å². The monoisotopic (exact) mass is 314 g/mol. The smallest absolute Gasteiger partial charge is 0.305 e. The fraction of sp³-hybridized carbons (Fsp3) is 0.467. The molecule has 0 saturated heterocycles. The molecule has 1 atom stereocenters. The maximum atomic E-state index is 11.8. The zero-order chi connectivity index (χ0) is 14.8. The van der Waals surface area contributed by atoms with Gasteiger partial charge in [0.2, 0.25) is 5.91 Å². The Kier molecular flexibility index (Phi) is 10.3. The Bertz CT molecular complexity index is 426. The molecular formula is C15H23ClN2O3. The van der Waals surface area contributed by atoms with Crippen LogP contribution in [-0.2, 0) is 14.3 Å². The summed E-state index contributed by atoms with van der Waals surface area (Å²) in [5, 5.41) is 2.95. The topological polar surface area (TPSA) is 81.4 Å². The van der Waals surface area contributed by atoms with Crippen LogP contribution in [0.4, 0.5) is 0 Å². The number of rotatable bonds is 8. The summed E-state index contributed by atoms with van der Waals surface area (Å²) >= 11 is 0. The van der Waals surface area contributed by atoms with Crippen LogP contribution in [0.1, 0.15) is 37.3 Å². The first-order chi connectivity index (χ1) is 9.67. The van der Waals surface area contributed by atoms with Crippen molar-refractivity contribution in [2.75, 3.05) is 13.7 Å². The third kappa shape index (κ3) is 7.68. The van der Waals surface area contributed by atoms with Gasteiger partial charge in [-0.15, -0.1) is 12.4 Å². The van der Waals surface area contributed by atoms with Gasteiger partial charge in [-0.1, -0.05) is 30.3 Å². The number of benzene rings is 1. The van der Waals surface area contributed by atoms with Crippen LogP contribution in [0.25, 0.3) is 0 Å². The second kappa shape index (κ2) is 11.1. The number of nitrogens with two attached hydrogens (primary N) is 1. The molecule has 21 heavy (non-hydrogen) atoms. The molecule has 0 aliphatic rings. The van der Waals surface area contributed by atoms with Gasteiger partial charge in [0.25, 0.3) is 0 Å². The molecule has 0 aromatic heterocycles. The average molecular weight is 315 g/mol. The summed E-state index contributed by atoms with van der Waals surface area (Å²) in [5.41, 5.74) is 6.38. The second-order valence-corrected chi connectivity index (χ2v) is 4.54. The van der Waals surface area contributed by atoms with Gasteiger partial charge in [-0.25, -0.2) is 0 Å². The zero-order valence-corrected chi connectivity index (χ0v) is 13.0. The molecule has 0 aliphatic carbocycles. The molecule has 0 radical (unpaired) electrons. The first-order valence-corrected chi connectivity index (χ1v) is 6.78. The lowest BCUT2D eigenvalue weighted by Crippen LogP contribution is -2.29. The minimum absolute atomic E-state index is 0. The largest absolute Gasteiger partial charge is 0.469 e. The summed E-state index contributed by atoms with van der Waals surface area (Å²) in [4.78, 5) is 23.1. The lowest BCUT2D eigenvalue weighted by Gasteiger charge is -2.18. The van der Waals surface area contributed by atoms with E-state index in [1.807, 2.05) is 30.3 Å². The first kappa shape index (κ1) is 19.4. The van der Waals surface area contributed by atoms with Crippen LogP contribution in [-0.4, -0.2) is 25.5 Å². The Morgan fingerprint density at radius 2 is 1.90 bits per heavy atom. The van der Waals surface area contributed by atoms with E-state index in [0.29, 0.717) is 25.8 Å². The number of halogens is 1. The zero-order valence-electron chi connectivity index (χ0n) is 12.2. The molecule has 0 heterocycles. The first-order valence-electron chi connectivity index (χ1n) is 6.78. The highest BCUT2D eigenvalue weighted by molar-refractivity contribution is 5.85. The highest BCUT2D eigenvalue weighted by atomic mass is 35.5. The lowest BCUT2D eigenvalue weighted by molar-refractivity contribution is -0.141. The van der Waals surface area contributed by atoms with Crippen molar-refractivity contribution in [3.05, 3.63) is 35.9 Å². The van der Waals surface area contributed by atoms with Crippen molar-refractivity contribution in [2.24, 2.45) is 5.73 Å². The Morgan fingerprint density at radius 1 is 1.24 bits per heavy atom. The molecule has 1 amide bonds. The van der Waals surface area contributed by atoms with Gasteiger partial charge in [0.1, 0.15) is 0 Å². The Hall–Kier alpha value is -1.59. The quantitative estimate of drug-likeness (QED) is 0.719. The Balaban J connectivity index is 0.00000400. The molecule has 5 nitrogen and oxygen atoms in total. The number of ether oxygens (including phenoxy) is 1. The van der Waals surface area contributed by atoms with Crippen LogP contribution < -0.4 is 11.1 Å². The number of hydrogen-bond donors (Lipinski definition) is 2. The van der Waals surface area contributed by atoms with Crippen LogP contribution in [0.5, 0.6) is 0 Å². The van der Waals surface area contributed by atoms with E-state index >= 15 is 0 Å². The maximum absolute atomic E-state index is 11.8. The summed E-state index contributed by atoms with van der Waals surface area (Å²) in [7, 11) is 1.36. The van der Waals surface area contributed by atoms with Gasteiger partial charge in [0.05, 0.1) is 13.2 Å². The van der Waals surface area contributed by atoms with E-state index in [9.17, 15) is 9.59 Å². The molecular weight excluding hydrogens is 292 g/mol. The number of carbonyl (C=O) groups is 2. The summed E-state index contributed by atoms with van der Waals surface area (Å²) in [6.45, 7) is 0.492. The average Bonchev–Trinajstić information content (AvgIpc) is 2.49. The minimum Gasteiger partial charge on any atom is -0.469 e. The standard InChI is InChI=1S/C15H22N2O3.ClH/c1-20-15(19)10-9-13(12-6-3-2-4-7-12)17-14(18)8-5-11-16;/h2-4,6-7,13H,5,8-11,16H2,1H3,(H,17,18);1H. The lowest BCUT2D eigenvalue weighted by atomic mass is 10.0. The number of hydrogen-bond acceptors (Lipinski definition) is 4. The molecule has 1 aromatic rings. The molecule has 1 rings (SSSR count). The molecule has 0 saturated carbocycles.